The molecule has 1 aromatic rings. The molecule has 0 heterocycles. The highest BCUT2D eigenvalue weighted by Crippen LogP contribution is 2.35. The number of nitrogens with zero attached hydrogens (tertiary/aromatic N) is 2. The van der Waals surface area contributed by atoms with E-state index in [1.165, 1.54) is 23.1 Å². The SMILES string of the molecule is NC(=NO)c1ccc(N(CC(F)(F)F)C2CC2)cc1Cl. The predicted molar refractivity (Wildman–Crippen MR) is 70.4 cm³/mol. The lowest BCUT2D eigenvalue weighted by Crippen LogP contribution is -2.36. The van der Waals surface area contributed by atoms with Gasteiger partial charge in [-0.3, -0.25) is 0 Å². The third-order valence-corrected chi connectivity index (χ3v) is 3.32. The van der Waals surface area contributed by atoms with Crippen LogP contribution < -0.4 is 10.6 Å². The van der Waals surface area contributed by atoms with Gasteiger partial charge in [-0.15, -0.1) is 0 Å². The lowest BCUT2D eigenvalue weighted by atomic mass is 10.1. The Labute approximate surface area is 118 Å². The van der Waals surface area contributed by atoms with Gasteiger partial charge in [-0.25, -0.2) is 0 Å². The van der Waals surface area contributed by atoms with Crippen molar-refractivity contribution in [2.75, 3.05) is 11.4 Å². The molecule has 1 aliphatic rings. The Morgan fingerprint density at radius 3 is 2.55 bits per heavy atom. The Morgan fingerprint density at radius 2 is 2.10 bits per heavy atom. The second-order valence-corrected chi connectivity index (χ2v) is 5.03. The van der Waals surface area contributed by atoms with Crippen molar-refractivity contribution in [2.45, 2.75) is 25.1 Å². The van der Waals surface area contributed by atoms with Gasteiger partial charge >= 0.3 is 6.18 Å². The van der Waals surface area contributed by atoms with Crippen molar-refractivity contribution in [2.24, 2.45) is 10.9 Å². The van der Waals surface area contributed by atoms with Crippen molar-refractivity contribution in [3.63, 3.8) is 0 Å². The maximum Gasteiger partial charge on any atom is 0.405 e. The summed E-state index contributed by atoms with van der Waals surface area (Å²) in [6.45, 7) is -1.02. The van der Waals surface area contributed by atoms with Gasteiger partial charge in [0.25, 0.3) is 0 Å². The Kier molecular flexibility index (Phi) is 3.99. The molecule has 3 N–H and O–H groups in total. The van der Waals surface area contributed by atoms with Crippen molar-refractivity contribution in [1.82, 2.24) is 0 Å². The zero-order chi connectivity index (χ0) is 14.9. The van der Waals surface area contributed by atoms with E-state index in [9.17, 15) is 13.2 Å². The first kappa shape index (κ1) is 14.8. The van der Waals surface area contributed by atoms with Crippen LogP contribution in [0.3, 0.4) is 0 Å². The maximum absolute atomic E-state index is 12.6. The highest BCUT2D eigenvalue weighted by Gasteiger charge is 2.38. The molecule has 1 fully saturated rings. The molecule has 20 heavy (non-hydrogen) atoms. The Hall–Kier alpha value is -1.63. The summed E-state index contributed by atoms with van der Waals surface area (Å²) in [5.41, 5.74) is 6.07. The Balaban J connectivity index is 2.28. The van der Waals surface area contributed by atoms with Crippen LogP contribution in [0.4, 0.5) is 18.9 Å². The lowest BCUT2D eigenvalue weighted by Gasteiger charge is -2.26. The number of benzene rings is 1. The van der Waals surface area contributed by atoms with Crippen LogP contribution in [0.15, 0.2) is 23.4 Å². The first-order valence-corrected chi connectivity index (χ1v) is 6.30. The molecular formula is C12H13ClF3N3O. The largest absolute Gasteiger partial charge is 0.409 e. The third kappa shape index (κ3) is 3.47. The van der Waals surface area contributed by atoms with E-state index in [0.29, 0.717) is 5.69 Å². The molecule has 0 aliphatic heterocycles. The smallest absolute Gasteiger partial charge is 0.405 e. The van der Waals surface area contributed by atoms with Crippen molar-refractivity contribution < 1.29 is 18.4 Å². The number of oxime groups is 1. The number of alkyl halides is 3. The quantitative estimate of drug-likeness (QED) is 0.389. The van der Waals surface area contributed by atoms with Gasteiger partial charge in [0.05, 0.1) is 5.02 Å². The minimum absolute atomic E-state index is 0.109. The first-order chi connectivity index (χ1) is 9.31. The van der Waals surface area contributed by atoms with Gasteiger partial charge in [-0.05, 0) is 31.0 Å². The normalized spacial score (nSPS) is 16.3. The highest BCUT2D eigenvalue weighted by atomic mass is 35.5. The number of rotatable bonds is 4. The lowest BCUT2D eigenvalue weighted by molar-refractivity contribution is -0.120. The summed E-state index contributed by atoms with van der Waals surface area (Å²) >= 11 is 5.96. The third-order valence-electron chi connectivity index (χ3n) is 3.01. The molecule has 1 aromatic carbocycles. The standard InChI is InChI=1S/C12H13ClF3N3O/c13-10-5-8(3-4-9(10)11(17)18-20)19(7-1-2-7)6-12(14,15)16/h3-5,7,20H,1-2,6H2,(H2,17,18). The van der Waals surface area contributed by atoms with Crippen LogP contribution in [0.5, 0.6) is 0 Å². The van der Waals surface area contributed by atoms with Crippen LogP contribution in [0, 0.1) is 0 Å². The second-order valence-electron chi connectivity index (χ2n) is 4.62. The molecule has 0 bridgehead atoms. The fraction of sp³-hybridized carbons (Fsp3) is 0.417. The number of nitrogens with two attached hydrogens (primary N) is 1. The summed E-state index contributed by atoms with van der Waals surface area (Å²) in [5, 5.41) is 11.5. The van der Waals surface area contributed by atoms with Gasteiger partial charge in [-0.1, -0.05) is 16.8 Å². The number of hydrogen-bond acceptors (Lipinski definition) is 3. The van der Waals surface area contributed by atoms with Crippen LogP contribution >= 0.6 is 11.6 Å². The van der Waals surface area contributed by atoms with E-state index in [1.54, 1.807) is 0 Å². The van der Waals surface area contributed by atoms with Crippen LogP contribution in [0.1, 0.15) is 18.4 Å². The predicted octanol–water partition coefficient (Wildman–Crippen LogP) is 2.97. The Bertz CT molecular complexity index is 529. The van der Waals surface area contributed by atoms with Crippen molar-refractivity contribution in [3.05, 3.63) is 28.8 Å². The summed E-state index contributed by atoms with van der Waals surface area (Å²) in [5.74, 6) is -0.185. The van der Waals surface area contributed by atoms with Crippen LogP contribution in [-0.2, 0) is 0 Å². The molecule has 0 radical (unpaired) electrons. The second kappa shape index (κ2) is 5.40. The van der Waals surface area contributed by atoms with Crippen LogP contribution in [0.25, 0.3) is 0 Å². The molecule has 0 amide bonds. The van der Waals surface area contributed by atoms with Crippen molar-refractivity contribution in [3.8, 4) is 0 Å². The number of amidine groups is 1. The summed E-state index contributed by atoms with van der Waals surface area (Å²) in [6.07, 6.45) is -2.81. The monoisotopic (exact) mass is 307 g/mol. The fourth-order valence-electron chi connectivity index (χ4n) is 1.95. The molecule has 1 saturated carbocycles. The molecule has 0 spiro atoms. The zero-order valence-electron chi connectivity index (χ0n) is 10.4. The van der Waals surface area contributed by atoms with E-state index in [1.807, 2.05) is 0 Å². The molecule has 110 valence electrons. The molecule has 0 saturated heterocycles. The average molecular weight is 308 g/mol. The summed E-state index contributed by atoms with van der Waals surface area (Å²) < 4.78 is 37.8. The molecule has 4 nitrogen and oxygen atoms in total. The molecule has 0 unspecified atom stereocenters. The number of anilines is 1. The van der Waals surface area contributed by atoms with Crippen molar-refractivity contribution >= 4 is 23.1 Å². The minimum Gasteiger partial charge on any atom is -0.409 e. The van der Waals surface area contributed by atoms with Crippen LogP contribution in [0.2, 0.25) is 5.02 Å². The van der Waals surface area contributed by atoms with Gasteiger partial charge in [0.1, 0.15) is 6.54 Å². The molecule has 0 atom stereocenters. The Morgan fingerprint density at radius 1 is 1.45 bits per heavy atom. The summed E-state index contributed by atoms with van der Waals surface area (Å²) in [6, 6.07) is 4.23. The van der Waals surface area contributed by atoms with Gasteiger partial charge in [0.15, 0.2) is 5.84 Å². The summed E-state index contributed by atoms with van der Waals surface area (Å²) in [4.78, 5) is 1.28. The molecule has 8 heteroatoms. The fourth-order valence-corrected chi connectivity index (χ4v) is 2.23. The van der Waals surface area contributed by atoms with E-state index < -0.39 is 12.7 Å². The van der Waals surface area contributed by atoms with Crippen molar-refractivity contribution in [1.29, 1.82) is 0 Å². The molecule has 2 rings (SSSR count). The summed E-state index contributed by atoms with van der Waals surface area (Å²) in [7, 11) is 0. The zero-order valence-corrected chi connectivity index (χ0v) is 11.1. The number of halogens is 4. The number of hydrogen-bond donors (Lipinski definition) is 2. The topological polar surface area (TPSA) is 61.9 Å². The van der Waals surface area contributed by atoms with Gasteiger partial charge in [0.2, 0.25) is 0 Å². The highest BCUT2D eigenvalue weighted by molar-refractivity contribution is 6.34. The van der Waals surface area contributed by atoms with E-state index >= 15 is 0 Å². The van der Waals surface area contributed by atoms with Gasteiger partial charge in [-0.2, -0.15) is 13.2 Å². The molecule has 1 aliphatic carbocycles. The molecular weight excluding hydrogens is 295 g/mol. The van der Waals surface area contributed by atoms with E-state index in [0.717, 1.165) is 12.8 Å². The molecule has 0 aromatic heterocycles. The van der Waals surface area contributed by atoms with Crippen LogP contribution in [-0.4, -0.2) is 29.8 Å². The van der Waals surface area contributed by atoms with Gasteiger partial charge in [0, 0.05) is 17.3 Å². The first-order valence-electron chi connectivity index (χ1n) is 5.92. The minimum atomic E-state index is -4.28. The van der Waals surface area contributed by atoms with E-state index in [4.69, 9.17) is 22.5 Å². The van der Waals surface area contributed by atoms with Gasteiger partial charge < -0.3 is 15.8 Å². The van der Waals surface area contributed by atoms with E-state index in [2.05, 4.69) is 5.16 Å². The maximum atomic E-state index is 12.6. The average Bonchev–Trinajstić information content (AvgIpc) is 3.18. The van der Waals surface area contributed by atoms with E-state index in [-0.39, 0.29) is 22.5 Å².